The number of hydrogen-bond acceptors (Lipinski definition) is 2. The molecule has 40 heavy (non-hydrogen) atoms. The van der Waals surface area contributed by atoms with Crippen LogP contribution >= 0.6 is 0 Å². The van der Waals surface area contributed by atoms with E-state index in [9.17, 15) is 4.39 Å². The average molecular weight is 549 g/mol. The van der Waals surface area contributed by atoms with Crippen LogP contribution < -0.4 is 4.74 Å². The number of ether oxygens (including phenoxy) is 2. The summed E-state index contributed by atoms with van der Waals surface area (Å²) in [6.45, 7) is 7.10. The Labute approximate surface area is 236 Å². The number of benzene rings is 3. The van der Waals surface area contributed by atoms with E-state index in [1.54, 1.807) is 48.6 Å². The van der Waals surface area contributed by atoms with Gasteiger partial charge in [0.2, 0.25) is 0 Å². The summed E-state index contributed by atoms with van der Waals surface area (Å²) in [7, 11) is 0. The van der Waals surface area contributed by atoms with Crippen LogP contribution in [0.15, 0.2) is 67.3 Å². The minimum atomic E-state index is -0.809. The van der Waals surface area contributed by atoms with E-state index < -0.39 is 11.6 Å². The van der Waals surface area contributed by atoms with E-state index in [0.29, 0.717) is 29.0 Å². The van der Waals surface area contributed by atoms with Gasteiger partial charge in [0.05, 0.1) is 12.7 Å². The maximum atomic E-state index is 15.2. The molecule has 0 atom stereocenters. The van der Waals surface area contributed by atoms with Crippen LogP contribution in [0.4, 0.5) is 13.2 Å². The Hall–Kier alpha value is -3.31. The SMILES string of the molecule is C=CCCCOc1ccc(/C=C/c2ccc(-c3ccc(C4CCC(OCCCC)CC4)c(F)c3F)cc2)c(F)c1. The van der Waals surface area contributed by atoms with Crippen LogP contribution in [0.25, 0.3) is 23.3 Å². The summed E-state index contributed by atoms with van der Waals surface area (Å²) >= 11 is 0. The highest BCUT2D eigenvalue weighted by Crippen LogP contribution is 2.38. The van der Waals surface area contributed by atoms with E-state index in [-0.39, 0.29) is 23.4 Å². The lowest BCUT2D eigenvalue weighted by molar-refractivity contribution is 0.0230. The predicted molar refractivity (Wildman–Crippen MR) is 158 cm³/mol. The third-order valence-electron chi connectivity index (χ3n) is 7.55. The smallest absolute Gasteiger partial charge is 0.166 e. The van der Waals surface area contributed by atoms with Crippen molar-refractivity contribution < 1.29 is 22.6 Å². The molecule has 0 N–H and O–H groups in total. The highest BCUT2D eigenvalue weighted by Gasteiger charge is 2.27. The van der Waals surface area contributed by atoms with Gasteiger partial charge in [0, 0.05) is 23.8 Å². The van der Waals surface area contributed by atoms with Crippen molar-refractivity contribution in [3.8, 4) is 16.9 Å². The van der Waals surface area contributed by atoms with Gasteiger partial charge >= 0.3 is 0 Å². The Morgan fingerprint density at radius 1 is 0.850 bits per heavy atom. The molecule has 3 aromatic rings. The lowest BCUT2D eigenvalue weighted by Gasteiger charge is -2.29. The van der Waals surface area contributed by atoms with Gasteiger partial charge in [0.25, 0.3) is 0 Å². The zero-order valence-electron chi connectivity index (χ0n) is 23.3. The molecule has 0 heterocycles. The molecular weight excluding hydrogens is 509 g/mol. The molecule has 4 rings (SSSR count). The zero-order chi connectivity index (χ0) is 28.3. The highest BCUT2D eigenvalue weighted by atomic mass is 19.2. The first-order valence-electron chi connectivity index (χ1n) is 14.4. The third kappa shape index (κ3) is 7.88. The predicted octanol–water partition coefficient (Wildman–Crippen LogP) is 10.1. The molecule has 1 fully saturated rings. The van der Waals surface area contributed by atoms with Crippen LogP contribution in [-0.2, 0) is 4.74 Å². The van der Waals surface area contributed by atoms with Crippen LogP contribution in [0.1, 0.15) is 80.9 Å². The Kier molecular flexibility index (Phi) is 11.1. The first-order chi connectivity index (χ1) is 19.5. The Bertz CT molecular complexity index is 1270. The van der Waals surface area contributed by atoms with Crippen LogP contribution in [0, 0.1) is 17.5 Å². The maximum absolute atomic E-state index is 15.2. The Morgan fingerprint density at radius 2 is 1.62 bits per heavy atom. The van der Waals surface area contributed by atoms with Gasteiger partial charge in [-0.25, -0.2) is 13.2 Å². The van der Waals surface area contributed by atoms with Crippen molar-refractivity contribution in [2.24, 2.45) is 0 Å². The lowest BCUT2D eigenvalue weighted by atomic mass is 9.82. The van der Waals surface area contributed by atoms with E-state index >= 15 is 8.78 Å². The van der Waals surface area contributed by atoms with Gasteiger partial charge in [0.15, 0.2) is 11.6 Å². The number of allylic oxidation sites excluding steroid dienone is 1. The summed E-state index contributed by atoms with van der Waals surface area (Å²) in [4.78, 5) is 0. The van der Waals surface area contributed by atoms with Crippen molar-refractivity contribution in [3.05, 3.63) is 101 Å². The number of rotatable bonds is 13. The molecule has 0 bridgehead atoms. The van der Waals surface area contributed by atoms with Crippen LogP contribution in [-0.4, -0.2) is 19.3 Å². The quantitative estimate of drug-likeness (QED) is 0.120. The average Bonchev–Trinajstić information content (AvgIpc) is 2.97. The molecule has 0 saturated heterocycles. The number of halogens is 3. The van der Waals surface area contributed by atoms with Crippen molar-refractivity contribution in [1.29, 1.82) is 0 Å². The third-order valence-corrected chi connectivity index (χ3v) is 7.55. The summed E-state index contributed by atoms with van der Waals surface area (Å²) in [5.74, 6) is -1.42. The van der Waals surface area contributed by atoms with Gasteiger partial charge in [0.1, 0.15) is 11.6 Å². The summed E-state index contributed by atoms with van der Waals surface area (Å²) in [5, 5.41) is 0. The van der Waals surface area contributed by atoms with E-state index in [0.717, 1.165) is 63.5 Å². The Balaban J connectivity index is 1.37. The molecule has 0 spiro atoms. The molecule has 2 nitrogen and oxygen atoms in total. The molecular formula is C35H39F3O2. The summed E-state index contributed by atoms with van der Waals surface area (Å²) in [6.07, 6.45) is 12.7. The molecule has 1 aliphatic carbocycles. The monoisotopic (exact) mass is 548 g/mol. The maximum Gasteiger partial charge on any atom is 0.166 e. The van der Waals surface area contributed by atoms with E-state index in [1.807, 2.05) is 18.2 Å². The fourth-order valence-corrected chi connectivity index (χ4v) is 5.15. The first kappa shape index (κ1) is 29.7. The summed E-state index contributed by atoms with van der Waals surface area (Å²) in [6, 6.07) is 15.4. The van der Waals surface area contributed by atoms with E-state index in [1.165, 1.54) is 6.07 Å². The fourth-order valence-electron chi connectivity index (χ4n) is 5.15. The molecule has 1 saturated carbocycles. The van der Waals surface area contributed by atoms with E-state index in [4.69, 9.17) is 9.47 Å². The molecule has 0 aliphatic heterocycles. The van der Waals surface area contributed by atoms with Gasteiger partial charge in [-0.05, 0) is 79.7 Å². The van der Waals surface area contributed by atoms with Crippen molar-refractivity contribution in [2.75, 3.05) is 13.2 Å². The Morgan fingerprint density at radius 3 is 2.33 bits per heavy atom. The minimum absolute atomic E-state index is 0.0142. The van der Waals surface area contributed by atoms with Crippen molar-refractivity contribution in [1.82, 2.24) is 0 Å². The number of hydrogen-bond donors (Lipinski definition) is 0. The van der Waals surface area contributed by atoms with Crippen LogP contribution in [0.5, 0.6) is 5.75 Å². The topological polar surface area (TPSA) is 18.5 Å². The second-order valence-corrected chi connectivity index (χ2v) is 10.4. The van der Waals surface area contributed by atoms with Gasteiger partial charge in [-0.3, -0.25) is 0 Å². The van der Waals surface area contributed by atoms with Gasteiger partial charge < -0.3 is 9.47 Å². The first-order valence-corrected chi connectivity index (χ1v) is 14.4. The van der Waals surface area contributed by atoms with Gasteiger partial charge in [-0.1, -0.05) is 68.0 Å². The van der Waals surface area contributed by atoms with Crippen LogP contribution in [0.3, 0.4) is 0 Å². The summed E-state index contributed by atoms with van der Waals surface area (Å²) < 4.78 is 56.4. The molecule has 1 aliphatic rings. The molecule has 0 aromatic heterocycles. The van der Waals surface area contributed by atoms with Crippen LogP contribution in [0.2, 0.25) is 0 Å². The van der Waals surface area contributed by atoms with Gasteiger partial charge in [-0.15, -0.1) is 6.58 Å². The molecule has 0 radical (unpaired) electrons. The molecule has 0 amide bonds. The minimum Gasteiger partial charge on any atom is -0.493 e. The second kappa shape index (κ2) is 14.9. The molecule has 3 aromatic carbocycles. The van der Waals surface area contributed by atoms with Crippen molar-refractivity contribution in [2.45, 2.75) is 70.3 Å². The van der Waals surface area contributed by atoms with E-state index in [2.05, 4.69) is 13.5 Å². The largest absolute Gasteiger partial charge is 0.493 e. The molecule has 0 unspecified atom stereocenters. The molecule has 212 valence electrons. The molecule has 5 heteroatoms. The van der Waals surface area contributed by atoms with Gasteiger partial charge in [-0.2, -0.15) is 0 Å². The second-order valence-electron chi connectivity index (χ2n) is 10.4. The van der Waals surface area contributed by atoms with Crippen molar-refractivity contribution >= 4 is 12.2 Å². The zero-order valence-corrected chi connectivity index (χ0v) is 23.3. The normalized spacial score (nSPS) is 17.3. The summed E-state index contributed by atoms with van der Waals surface area (Å²) in [5.41, 5.74) is 2.56. The highest BCUT2D eigenvalue weighted by molar-refractivity contribution is 5.73. The number of unbranched alkanes of at least 4 members (excludes halogenated alkanes) is 2. The van der Waals surface area contributed by atoms with Crippen molar-refractivity contribution in [3.63, 3.8) is 0 Å². The lowest BCUT2D eigenvalue weighted by Crippen LogP contribution is -2.22. The standard InChI is InChI=1S/C35H39F3O2/c1-3-5-7-23-40-30-19-16-28(33(36)24-30)13-10-25-8-11-26(12-9-25)31-20-21-32(35(38)34(31)37)27-14-17-29(18-15-27)39-22-6-4-2/h3,8-13,16,19-21,24,27,29H,1,4-7,14-15,17-18,22-23H2,2H3/b13-10+. The fraction of sp³-hybridized carbons (Fsp3) is 0.371.